The van der Waals surface area contributed by atoms with Crippen molar-refractivity contribution in [2.24, 2.45) is 5.92 Å². The summed E-state index contributed by atoms with van der Waals surface area (Å²) in [6.07, 6.45) is 7.99. The first-order valence-electron chi connectivity index (χ1n) is 7.41. The van der Waals surface area contributed by atoms with Gasteiger partial charge in [0.15, 0.2) is 11.4 Å². The number of Topliss-reactive ketones (excluding diaryl/α,β-unsaturated/α-hetero) is 1. The zero-order chi connectivity index (χ0) is 13.9. The van der Waals surface area contributed by atoms with Gasteiger partial charge in [0.25, 0.3) is 0 Å². The third kappa shape index (κ3) is 2.69. The number of aromatic amines is 1. The van der Waals surface area contributed by atoms with Gasteiger partial charge >= 0.3 is 5.76 Å². The van der Waals surface area contributed by atoms with E-state index in [1.807, 2.05) is 0 Å². The molecule has 1 aliphatic carbocycles. The van der Waals surface area contributed by atoms with Crippen molar-refractivity contribution in [3.63, 3.8) is 0 Å². The highest BCUT2D eigenvalue weighted by Gasteiger charge is 2.21. The fourth-order valence-corrected chi connectivity index (χ4v) is 3.05. The maximum atomic E-state index is 12.6. The lowest BCUT2D eigenvalue weighted by Gasteiger charge is -2.18. The van der Waals surface area contributed by atoms with Crippen LogP contribution in [0.5, 0.6) is 0 Å². The van der Waals surface area contributed by atoms with Crippen molar-refractivity contribution in [3.8, 4) is 0 Å². The van der Waals surface area contributed by atoms with E-state index in [1.54, 1.807) is 18.2 Å². The Morgan fingerprint density at radius 1 is 1.10 bits per heavy atom. The van der Waals surface area contributed by atoms with Crippen LogP contribution in [0.15, 0.2) is 27.4 Å². The minimum absolute atomic E-state index is 0.124. The molecule has 0 radical (unpaired) electrons. The van der Waals surface area contributed by atoms with Gasteiger partial charge in [-0.15, -0.1) is 0 Å². The van der Waals surface area contributed by atoms with Gasteiger partial charge in [0.05, 0.1) is 5.52 Å². The summed E-state index contributed by atoms with van der Waals surface area (Å²) in [4.78, 5) is 26.3. The van der Waals surface area contributed by atoms with Gasteiger partial charge in [-0.25, -0.2) is 4.79 Å². The van der Waals surface area contributed by atoms with Crippen LogP contribution >= 0.6 is 0 Å². The number of fused-ring (bicyclic) bond motifs is 1. The number of hydrogen-bond acceptors (Lipinski definition) is 3. The number of carbonyl (C=O) groups is 1. The monoisotopic (exact) mass is 273 g/mol. The minimum Gasteiger partial charge on any atom is -0.408 e. The molecular formula is C16H19NO3. The van der Waals surface area contributed by atoms with Crippen molar-refractivity contribution >= 4 is 16.9 Å². The number of H-pyrrole nitrogens is 1. The summed E-state index contributed by atoms with van der Waals surface area (Å²) in [6.45, 7) is 0. The second-order valence-corrected chi connectivity index (χ2v) is 5.63. The Morgan fingerprint density at radius 3 is 2.55 bits per heavy atom. The van der Waals surface area contributed by atoms with Crippen molar-refractivity contribution in [2.45, 2.75) is 44.9 Å². The number of hydrogen-bond donors (Lipinski definition) is 1. The molecule has 0 saturated heterocycles. The van der Waals surface area contributed by atoms with E-state index >= 15 is 0 Å². The highest BCUT2D eigenvalue weighted by atomic mass is 16.4. The number of aromatic nitrogens is 1. The van der Waals surface area contributed by atoms with Crippen molar-refractivity contribution in [3.05, 3.63) is 34.3 Å². The fourth-order valence-electron chi connectivity index (χ4n) is 3.05. The normalized spacial score (nSPS) is 17.8. The summed E-state index contributed by atoms with van der Waals surface area (Å²) in [5.41, 5.74) is 1.77. The number of benzene rings is 1. The molecule has 0 bridgehead atoms. The summed E-state index contributed by atoms with van der Waals surface area (Å²) < 4.78 is 5.03. The topological polar surface area (TPSA) is 63.1 Å². The molecule has 3 rings (SSSR count). The average Bonchev–Trinajstić information content (AvgIpc) is 2.76. The van der Waals surface area contributed by atoms with Crippen LogP contribution in [0.1, 0.15) is 55.3 Å². The molecule has 1 fully saturated rings. The van der Waals surface area contributed by atoms with Gasteiger partial charge in [-0.05, 0) is 31.0 Å². The Balaban J connectivity index is 1.84. The number of ketones is 1. The molecule has 1 aromatic heterocycles. The standard InChI is InChI=1S/C16H19NO3/c18-15(11-6-4-2-1-3-5-7-11)12-8-9-13-14(10-12)20-16(19)17-13/h8-11H,1-7H2,(H,17,19). The van der Waals surface area contributed by atoms with Gasteiger partial charge in [0.2, 0.25) is 0 Å². The van der Waals surface area contributed by atoms with Crippen molar-refractivity contribution in [2.75, 3.05) is 0 Å². The predicted octanol–water partition coefficient (Wildman–Crippen LogP) is 3.66. The molecule has 1 N–H and O–H groups in total. The first-order valence-corrected chi connectivity index (χ1v) is 7.41. The summed E-state index contributed by atoms with van der Waals surface area (Å²) in [7, 11) is 0. The van der Waals surface area contributed by atoms with Gasteiger partial charge in [-0.1, -0.05) is 32.1 Å². The number of rotatable bonds is 2. The fraction of sp³-hybridized carbons (Fsp3) is 0.500. The second kappa shape index (κ2) is 5.65. The van der Waals surface area contributed by atoms with Gasteiger partial charge < -0.3 is 4.42 Å². The Morgan fingerprint density at radius 2 is 1.80 bits per heavy atom. The molecule has 1 aliphatic rings. The van der Waals surface area contributed by atoms with Crippen molar-refractivity contribution in [1.82, 2.24) is 4.98 Å². The molecule has 2 aromatic rings. The molecule has 106 valence electrons. The molecule has 0 spiro atoms. The number of oxazole rings is 1. The maximum absolute atomic E-state index is 12.6. The third-order valence-electron chi connectivity index (χ3n) is 4.18. The SMILES string of the molecule is O=C(c1ccc2[nH]c(=O)oc2c1)C1CCCCCCC1. The Bertz CT molecular complexity index is 660. The van der Waals surface area contributed by atoms with Crippen LogP contribution in [0.2, 0.25) is 0 Å². The van der Waals surface area contributed by atoms with Crippen molar-refractivity contribution < 1.29 is 9.21 Å². The Kier molecular flexibility index (Phi) is 3.72. The number of carbonyl (C=O) groups excluding carboxylic acids is 1. The van der Waals surface area contributed by atoms with Crippen LogP contribution in [-0.2, 0) is 0 Å². The molecular weight excluding hydrogens is 254 g/mol. The van der Waals surface area contributed by atoms with E-state index in [-0.39, 0.29) is 11.7 Å². The molecule has 0 aliphatic heterocycles. The molecule has 20 heavy (non-hydrogen) atoms. The molecule has 4 heteroatoms. The zero-order valence-electron chi connectivity index (χ0n) is 11.5. The lowest BCUT2D eigenvalue weighted by atomic mass is 9.85. The van der Waals surface area contributed by atoms with Crippen LogP contribution in [0.25, 0.3) is 11.1 Å². The van der Waals surface area contributed by atoms with Crippen LogP contribution in [0.4, 0.5) is 0 Å². The summed E-state index contributed by atoms with van der Waals surface area (Å²) >= 11 is 0. The highest BCUT2D eigenvalue weighted by molar-refractivity contribution is 6.00. The average molecular weight is 273 g/mol. The maximum Gasteiger partial charge on any atom is 0.417 e. The summed E-state index contributed by atoms with van der Waals surface area (Å²) in [6, 6.07) is 5.22. The van der Waals surface area contributed by atoms with Crippen LogP contribution < -0.4 is 5.76 Å². The van der Waals surface area contributed by atoms with E-state index in [1.165, 1.54) is 19.3 Å². The molecule has 0 unspecified atom stereocenters. The third-order valence-corrected chi connectivity index (χ3v) is 4.18. The first kappa shape index (κ1) is 13.2. The molecule has 4 nitrogen and oxygen atoms in total. The van der Waals surface area contributed by atoms with Crippen LogP contribution in [0, 0.1) is 5.92 Å². The van der Waals surface area contributed by atoms with E-state index in [4.69, 9.17) is 4.42 Å². The van der Waals surface area contributed by atoms with E-state index in [0.29, 0.717) is 16.7 Å². The molecule has 0 atom stereocenters. The largest absolute Gasteiger partial charge is 0.417 e. The Labute approximate surface area is 117 Å². The molecule has 0 amide bonds. The van der Waals surface area contributed by atoms with Crippen LogP contribution in [-0.4, -0.2) is 10.8 Å². The van der Waals surface area contributed by atoms with E-state index < -0.39 is 5.76 Å². The van der Waals surface area contributed by atoms with Gasteiger partial charge in [0, 0.05) is 11.5 Å². The molecule has 1 aromatic carbocycles. The molecule has 1 heterocycles. The smallest absolute Gasteiger partial charge is 0.408 e. The van der Waals surface area contributed by atoms with Gasteiger partial charge in [-0.3, -0.25) is 9.78 Å². The lowest BCUT2D eigenvalue weighted by Crippen LogP contribution is -2.16. The molecule has 1 saturated carbocycles. The summed E-state index contributed by atoms with van der Waals surface area (Å²) in [5.74, 6) is -0.161. The van der Waals surface area contributed by atoms with Crippen molar-refractivity contribution in [1.29, 1.82) is 0 Å². The predicted molar refractivity (Wildman–Crippen MR) is 77.0 cm³/mol. The second-order valence-electron chi connectivity index (χ2n) is 5.63. The highest BCUT2D eigenvalue weighted by Crippen LogP contribution is 2.26. The van der Waals surface area contributed by atoms with Gasteiger partial charge in [0.1, 0.15) is 0 Å². The van der Waals surface area contributed by atoms with Gasteiger partial charge in [-0.2, -0.15) is 0 Å². The minimum atomic E-state index is -0.476. The van der Waals surface area contributed by atoms with E-state index in [2.05, 4.69) is 4.98 Å². The van der Waals surface area contributed by atoms with E-state index in [0.717, 1.165) is 25.7 Å². The summed E-state index contributed by atoms with van der Waals surface area (Å²) in [5, 5.41) is 0. The lowest BCUT2D eigenvalue weighted by molar-refractivity contribution is 0.0898. The Hall–Kier alpha value is -1.84. The number of nitrogens with one attached hydrogen (secondary N) is 1. The first-order chi connectivity index (χ1) is 9.74. The quantitative estimate of drug-likeness (QED) is 0.849. The zero-order valence-corrected chi connectivity index (χ0v) is 11.5. The van der Waals surface area contributed by atoms with E-state index in [9.17, 15) is 9.59 Å². The van der Waals surface area contributed by atoms with Crippen LogP contribution in [0.3, 0.4) is 0 Å².